The first-order valence-corrected chi connectivity index (χ1v) is 13.0. The summed E-state index contributed by atoms with van der Waals surface area (Å²) < 4.78 is 10.2. The standard InChI is InChI=1S/C30H26ClN3OS/c1-35-24-16-10-21(11-17-24)27-25-9-5-6-18-33-26(20-7-3-2-4-8-20)19-34(30(25)33)28(27)29(36)32-23-14-12-22(31)13-15-23/h2-4,7-8,10-17,19H,5-6,9,18H2,1H3,(H,32,36). The Morgan fingerprint density at radius 2 is 1.67 bits per heavy atom. The van der Waals surface area contributed by atoms with Crippen molar-refractivity contribution in [1.29, 1.82) is 0 Å². The van der Waals surface area contributed by atoms with Gasteiger partial charge >= 0.3 is 0 Å². The number of rotatable bonds is 5. The van der Waals surface area contributed by atoms with Crippen molar-refractivity contribution >= 4 is 40.1 Å². The number of aryl methyl sites for hydroxylation is 2. The quantitative estimate of drug-likeness (QED) is 0.244. The summed E-state index contributed by atoms with van der Waals surface area (Å²) in [5, 5.41) is 4.17. The van der Waals surface area contributed by atoms with E-state index in [2.05, 4.69) is 62.9 Å². The van der Waals surface area contributed by atoms with Crippen LogP contribution in [0.2, 0.25) is 5.02 Å². The highest BCUT2D eigenvalue weighted by Crippen LogP contribution is 2.40. The summed E-state index contributed by atoms with van der Waals surface area (Å²) >= 11 is 12.2. The molecule has 5 aromatic rings. The van der Waals surface area contributed by atoms with Gasteiger partial charge in [-0.3, -0.25) is 4.40 Å². The molecule has 180 valence electrons. The van der Waals surface area contributed by atoms with Crippen LogP contribution in [0, 0.1) is 0 Å². The molecule has 0 saturated heterocycles. The van der Waals surface area contributed by atoms with Gasteiger partial charge in [-0.2, -0.15) is 0 Å². The second kappa shape index (κ2) is 9.49. The van der Waals surface area contributed by atoms with Crippen molar-refractivity contribution < 1.29 is 4.74 Å². The van der Waals surface area contributed by atoms with Crippen LogP contribution in [-0.4, -0.2) is 21.1 Å². The van der Waals surface area contributed by atoms with E-state index in [1.54, 1.807) is 7.11 Å². The van der Waals surface area contributed by atoms with Crippen molar-refractivity contribution in [2.45, 2.75) is 25.8 Å². The van der Waals surface area contributed by atoms with Crippen LogP contribution in [0.25, 0.3) is 28.0 Å². The molecule has 3 heterocycles. The molecular formula is C30H26ClN3OS. The van der Waals surface area contributed by atoms with E-state index in [0.717, 1.165) is 48.5 Å². The van der Waals surface area contributed by atoms with Crippen LogP contribution >= 0.6 is 23.8 Å². The Morgan fingerprint density at radius 1 is 0.917 bits per heavy atom. The van der Waals surface area contributed by atoms with Gasteiger partial charge in [0.2, 0.25) is 0 Å². The maximum absolute atomic E-state index is 6.12. The van der Waals surface area contributed by atoms with E-state index in [0.29, 0.717) is 10.0 Å². The summed E-state index contributed by atoms with van der Waals surface area (Å²) in [7, 11) is 1.69. The molecule has 4 nitrogen and oxygen atoms in total. The Labute approximate surface area is 221 Å². The normalized spacial score (nSPS) is 12.9. The summed E-state index contributed by atoms with van der Waals surface area (Å²) in [4.78, 5) is 0.682. The van der Waals surface area contributed by atoms with Crippen LogP contribution in [0.5, 0.6) is 5.75 Å². The first-order valence-electron chi connectivity index (χ1n) is 12.2. The predicted molar refractivity (Wildman–Crippen MR) is 153 cm³/mol. The maximum atomic E-state index is 6.12. The van der Waals surface area contributed by atoms with Crippen molar-refractivity contribution in [3.8, 4) is 28.1 Å². The summed E-state index contributed by atoms with van der Waals surface area (Å²) in [5.74, 6) is 0.840. The van der Waals surface area contributed by atoms with Gasteiger partial charge in [-0.15, -0.1) is 0 Å². The third-order valence-corrected chi connectivity index (χ3v) is 7.45. The van der Waals surface area contributed by atoms with Crippen molar-refractivity contribution in [1.82, 2.24) is 8.97 Å². The van der Waals surface area contributed by atoms with E-state index in [4.69, 9.17) is 28.6 Å². The van der Waals surface area contributed by atoms with Crippen LogP contribution in [-0.2, 0) is 13.0 Å². The Bertz CT molecular complexity index is 1550. The van der Waals surface area contributed by atoms with Crippen LogP contribution in [0.3, 0.4) is 0 Å². The fourth-order valence-corrected chi connectivity index (χ4v) is 5.68. The second-order valence-corrected chi connectivity index (χ2v) is 9.92. The van der Waals surface area contributed by atoms with Gasteiger partial charge in [0.1, 0.15) is 16.4 Å². The lowest BCUT2D eigenvalue weighted by Gasteiger charge is -2.13. The lowest BCUT2D eigenvalue weighted by atomic mass is 9.98. The molecule has 0 spiro atoms. The lowest BCUT2D eigenvalue weighted by Crippen LogP contribution is -2.14. The minimum Gasteiger partial charge on any atom is -0.497 e. The molecule has 3 aromatic carbocycles. The molecule has 0 unspecified atom stereocenters. The molecule has 1 N–H and O–H groups in total. The lowest BCUT2D eigenvalue weighted by molar-refractivity contribution is 0.415. The SMILES string of the molecule is COc1ccc(-c2c3c4n(c(-c5ccccc5)cn4c2C(=S)Nc2ccc(Cl)cc2)CCCC3)cc1. The zero-order chi connectivity index (χ0) is 24.6. The van der Waals surface area contributed by atoms with Crippen molar-refractivity contribution in [3.05, 3.63) is 101 Å². The zero-order valence-corrected chi connectivity index (χ0v) is 21.6. The number of ether oxygens (including phenoxy) is 1. The van der Waals surface area contributed by atoms with Gasteiger partial charge in [0.15, 0.2) is 0 Å². The highest BCUT2D eigenvalue weighted by molar-refractivity contribution is 7.81. The number of nitrogens with zero attached hydrogens (tertiary/aromatic N) is 2. The zero-order valence-electron chi connectivity index (χ0n) is 20.0. The topological polar surface area (TPSA) is 30.6 Å². The van der Waals surface area contributed by atoms with E-state index in [9.17, 15) is 0 Å². The average molecular weight is 512 g/mol. The predicted octanol–water partition coefficient (Wildman–Crippen LogP) is 7.86. The third-order valence-electron chi connectivity index (χ3n) is 6.90. The number of halogens is 1. The van der Waals surface area contributed by atoms with Gasteiger partial charge < -0.3 is 14.6 Å². The number of methoxy groups -OCH3 is 1. The van der Waals surface area contributed by atoms with Gasteiger partial charge in [-0.25, -0.2) is 0 Å². The van der Waals surface area contributed by atoms with Crippen molar-refractivity contribution in [2.24, 2.45) is 0 Å². The number of aromatic nitrogens is 2. The van der Waals surface area contributed by atoms with E-state index in [1.807, 2.05) is 36.4 Å². The molecule has 0 bridgehead atoms. The molecule has 2 aromatic heterocycles. The number of benzene rings is 3. The van der Waals surface area contributed by atoms with Crippen molar-refractivity contribution in [3.63, 3.8) is 0 Å². The molecular weight excluding hydrogens is 486 g/mol. The minimum absolute atomic E-state index is 0.682. The highest BCUT2D eigenvalue weighted by atomic mass is 35.5. The Morgan fingerprint density at radius 3 is 2.39 bits per heavy atom. The number of nitrogens with one attached hydrogen (secondary N) is 1. The monoisotopic (exact) mass is 511 g/mol. The Hall–Kier alpha value is -3.54. The average Bonchev–Trinajstić information content (AvgIpc) is 3.33. The fraction of sp³-hybridized carbons (Fsp3) is 0.167. The van der Waals surface area contributed by atoms with Gasteiger partial charge in [-0.05, 0) is 66.8 Å². The van der Waals surface area contributed by atoms with Crippen LogP contribution in [0.1, 0.15) is 24.1 Å². The molecule has 0 atom stereocenters. The van der Waals surface area contributed by atoms with E-state index in [-0.39, 0.29) is 0 Å². The number of hydrogen-bond acceptors (Lipinski definition) is 2. The van der Waals surface area contributed by atoms with E-state index < -0.39 is 0 Å². The minimum atomic E-state index is 0.682. The molecule has 6 rings (SSSR count). The van der Waals surface area contributed by atoms with Gasteiger partial charge in [-0.1, -0.05) is 66.3 Å². The van der Waals surface area contributed by atoms with E-state index in [1.165, 1.54) is 28.0 Å². The molecule has 36 heavy (non-hydrogen) atoms. The molecule has 1 aliphatic rings. The first-order chi connectivity index (χ1) is 17.6. The first kappa shape index (κ1) is 22.9. The van der Waals surface area contributed by atoms with Crippen LogP contribution in [0.4, 0.5) is 5.69 Å². The molecule has 1 aliphatic heterocycles. The van der Waals surface area contributed by atoms with Gasteiger partial charge in [0.05, 0.1) is 18.5 Å². The molecule has 0 aliphatic carbocycles. The van der Waals surface area contributed by atoms with Crippen molar-refractivity contribution in [2.75, 3.05) is 12.4 Å². The highest BCUT2D eigenvalue weighted by Gasteiger charge is 2.28. The van der Waals surface area contributed by atoms with Gasteiger partial charge in [0.25, 0.3) is 0 Å². The smallest absolute Gasteiger partial charge is 0.128 e. The number of thiocarbonyl (C=S) groups is 1. The molecule has 0 saturated carbocycles. The molecule has 0 fully saturated rings. The Kier molecular flexibility index (Phi) is 6.04. The summed E-state index contributed by atoms with van der Waals surface area (Å²) in [6, 6.07) is 26.6. The van der Waals surface area contributed by atoms with E-state index >= 15 is 0 Å². The van der Waals surface area contributed by atoms with Crippen LogP contribution < -0.4 is 10.1 Å². The largest absolute Gasteiger partial charge is 0.497 e. The molecule has 6 heteroatoms. The molecule has 0 amide bonds. The summed E-state index contributed by atoms with van der Waals surface area (Å²) in [6.45, 7) is 0.983. The number of hydrogen-bond donors (Lipinski definition) is 1. The number of anilines is 1. The maximum Gasteiger partial charge on any atom is 0.128 e. The third kappa shape index (κ3) is 3.98. The fourth-order valence-electron chi connectivity index (χ4n) is 5.24. The van der Waals surface area contributed by atoms with Crippen LogP contribution in [0.15, 0.2) is 85.1 Å². The van der Waals surface area contributed by atoms with Gasteiger partial charge in [0, 0.05) is 34.6 Å². The summed E-state index contributed by atoms with van der Waals surface area (Å²) in [6.07, 6.45) is 5.53. The summed E-state index contributed by atoms with van der Waals surface area (Å²) in [5.41, 5.74) is 9.24. The second-order valence-electron chi connectivity index (χ2n) is 9.07. The molecule has 0 radical (unpaired) electrons. The Balaban J connectivity index is 1.59. The number of imidazole rings is 1.